The Labute approximate surface area is 166 Å². The third-order valence-electron chi connectivity index (χ3n) is 5.33. The van der Waals surface area contributed by atoms with Gasteiger partial charge in [0.2, 0.25) is 0 Å². The molecule has 0 aromatic carbocycles. The monoisotopic (exact) mass is 401 g/mol. The second-order valence-corrected chi connectivity index (χ2v) is 7.38. The number of carbonyl (C=O) groups excluding carboxylic acids is 1. The van der Waals surface area contributed by atoms with Crippen LogP contribution in [0.25, 0.3) is 11.2 Å². The summed E-state index contributed by atoms with van der Waals surface area (Å²) in [6.07, 6.45) is 2.97. The van der Waals surface area contributed by atoms with Crippen LogP contribution in [-0.2, 0) is 0 Å². The summed E-state index contributed by atoms with van der Waals surface area (Å²) in [5.41, 5.74) is 1.37. The van der Waals surface area contributed by atoms with Gasteiger partial charge in [-0.05, 0) is 19.8 Å². The van der Waals surface area contributed by atoms with Crippen LogP contribution in [0.5, 0.6) is 0 Å². The topological polar surface area (TPSA) is 142 Å². The third kappa shape index (κ3) is 3.32. The number of aryl methyl sites for hydroxylation is 1. The summed E-state index contributed by atoms with van der Waals surface area (Å²) in [4.78, 5) is 31.0. The molecule has 0 aliphatic heterocycles. The van der Waals surface area contributed by atoms with Gasteiger partial charge in [-0.25, -0.2) is 19.9 Å². The van der Waals surface area contributed by atoms with Crippen molar-refractivity contribution in [3.05, 3.63) is 30.5 Å². The zero-order valence-electron chi connectivity index (χ0n) is 16.3. The largest absolute Gasteiger partial charge is 0.448 e. The van der Waals surface area contributed by atoms with Crippen LogP contribution in [0, 0.1) is 6.92 Å². The van der Waals surface area contributed by atoms with Gasteiger partial charge in [0.25, 0.3) is 5.91 Å². The SMILES string of the molecule is Cc1ocnc1C(=O)N[C@@H]1CC[C@@H](n2cnc3c(N(C)C)ncnc32)[C@@H](O)[C@@H]1O. The number of nitrogens with zero attached hydrogens (tertiary/aromatic N) is 6. The molecular formula is C18H23N7O4. The maximum absolute atomic E-state index is 12.4. The molecule has 3 aromatic rings. The number of aliphatic hydroxyl groups excluding tert-OH is 2. The van der Waals surface area contributed by atoms with Gasteiger partial charge < -0.3 is 29.4 Å². The van der Waals surface area contributed by atoms with Gasteiger partial charge in [-0.1, -0.05) is 0 Å². The average Bonchev–Trinajstić information content (AvgIpc) is 3.31. The van der Waals surface area contributed by atoms with E-state index >= 15 is 0 Å². The second-order valence-electron chi connectivity index (χ2n) is 7.38. The Hall–Kier alpha value is -3.05. The van der Waals surface area contributed by atoms with E-state index in [1.807, 2.05) is 19.0 Å². The van der Waals surface area contributed by atoms with Crippen molar-refractivity contribution in [2.45, 2.75) is 44.1 Å². The molecule has 0 unspecified atom stereocenters. The van der Waals surface area contributed by atoms with E-state index in [2.05, 4.69) is 25.3 Å². The van der Waals surface area contributed by atoms with Gasteiger partial charge in [0, 0.05) is 14.1 Å². The molecule has 0 saturated heterocycles. The molecule has 0 bridgehead atoms. The molecule has 29 heavy (non-hydrogen) atoms. The fourth-order valence-electron chi connectivity index (χ4n) is 3.79. The molecule has 4 rings (SSSR count). The number of imidazole rings is 1. The van der Waals surface area contributed by atoms with Gasteiger partial charge in [0.1, 0.15) is 24.3 Å². The number of fused-ring (bicyclic) bond motifs is 1. The smallest absolute Gasteiger partial charge is 0.273 e. The third-order valence-corrected chi connectivity index (χ3v) is 5.33. The number of nitrogens with one attached hydrogen (secondary N) is 1. The molecular weight excluding hydrogens is 378 g/mol. The lowest BCUT2D eigenvalue weighted by Gasteiger charge is -2.38. The molecule has 0 radical (unpaired) electrons. The highest BCUT2D eigenvalue weighted by Crippen LogP contribution is 2.32. The fraction of sp³-hybridized carbons (Fsp3) is 0.500. The predicted molar refractivity (Wildman–Crippen MR) is 102 cm³/mol. The highest BCUT2D eigenvalue weighted by Gasteiger charge is 2.40. The number of aliphatic hydroxyl groups is 2. The van der Waals surface area contributed by atoms with Crippen molar-refractivity contribution in [1.82, 2.24) is 29.8 Å². The van der Waals surface area contributed by atoms with Gasteiger partial charge in [-0.2, -0.15) is 0 Å². The number of aromatic nitrogens is 5. The minimum atomic E-state index is -1.16. The Morgan fingerprint density at radius 2 is 2.00 bits per heavy atom. The van der Waals surface area contributed by atoms with Crippen molar-refractivity contribution in [2.75, 3.05) is 19.0 Å². The van der Waals surface area contributed by atoms with Gasteiger partial charge in [0.15, 0.2) is 29.1 Å². The van der Waals surface area contributed by atoms with E-state index in [0.717, 1.165) is 0 Å². The van der Waals surface area contributed by atoms with Gasteiger partial charge in [0.05, 0.1) is 18.4 Å². The highest BCUT2D eigenvalue weighted by molar-refractivity contribution is 5.93. The summed E-state index contributed by atoms with van der Waals surface area (Å²) in [5.74, 6) is 0.627. The van der Waals surface area contributed by atoms with Crippen LogP contribution in [-0.4, -0.2) is 73.0 Å². The maximum atomic E-state index is 12.4. The number of carbonyl (C=O) groups is 1. The fourth-order valence-corrected chi connectivity index (χ4v) is 3.79. The minimum absolute atomic E-state index is 0.169. The lowest BCUT2D eigenvalue weighted by molar-refractivity contribution is -0.0553. The van der Waals surface area contributed by atoms with Crippen molar-refractivity contribution in [1.29, 1.82) is 0 Å². The zero-order valence-corrected chi connectivity index (χ0v) is 16.3. The minimum Gasteiger partial charge on any atom is -0.448 e. The molecule has 154 valence electrons. The summed E-state index contributed by atoms with van der Waals surface area (Å²) >= 11 is 0. The lowest BCUT2D eigenvalue weighted by Crippen LogP contribution is -2.54. The van der Waals surface area contributed by atoms with Crippen molar-refractivity contribution in [3.63, 3.8) is 0 Å². The number of amides is 1. The van der Waals surface area contributed by atoms with E-state index < -0.39 is 30.2 Å². The van der Waals surface area contributed by atoms with Crippen LogP contribution < -0.4 is 10.2 Å². The first kappa shape index (κ1) is 19.3. The van der Waals surface area contributed by atoms with Crippen LogP contribution in [0.1, 0.15) is 35.1 Å². The first-order chi connectivity index (χ1) is 13.9. The molecule has 11 nitrogen and oxygen atoms in total. The van der Waals surface area contributed by atoms with Gasteiger partial charge in [-0.15, -0.1) is 0 Å². The average molecular weight is 401 g/mol. The van der Waals surface area contributed by atoms with E-state index in [1.165, 1.54) is 12.7 Å². The molecule has 1 aliphatic rings. The Balaban J connectivity index is 1.54. The van der Waals surface area contributed by atoms with Gasteiger partial charge in [-0.3, -0.25) is 4.79 Å². The van der Waals surface area contributed by atoms with Crippen molar-refractivity contribution in [2.24, 2.45) is 0 Å². The molecule has 3 aromatic heterocycles. The highest BCUT2D eigenvalue weighted by atomic mass is 16.3. The number of hydrogen-bond donors (Lipinski definition) is 3. The number of rotatable bonds is 4. The summed E-state index contributed by atoms with van der Waals surface area (Å²) in [7, 11) is 3.73. The Kier molecular flexibility index (Phi) is 4.92. The Morgan fingerprint density at radius 3 is 2.69 bits per heavy atom. The predicted octanol–water partition coefficient (Wildman–Crippen LogP) is 0.0440. The molecule has 1 saturated carbocycles. The lowest BCUT2D eigenvalue weighted by atomic mass is 9.85. The first-order valence-electron chi connectivity index (χ1n) is 9.30. The van der Waals surface area contributed by atoms with Crippen LogP contribution in [0.3, 0.4) is 0 Å². The summed E-state index contributed by atoms with van der Waals surface area (Å²) in [6.45, 7) is 1.64. The van der Waals surface area contributed by atoms with E-state index in [9.17, 15) is 15.0 Å². The van der Waals surface area contributed by atoms with Crippen molar-refractivity contribution < 1.29 is 19.4 Å². The van der Waals surface area contributed by atoms with E-state index in [4.69, 9.17) is 4.42 Å². The molecule has 3 N–H and O–H groups in total. The van der Waals surface area contributed by atoms with Crippen LogP contribution in [0.15, 0.2) is 23.5 Å². The van der Waals surface area contributed by atoms with Crippen LogP contribution >= 0.6 is 0 Å². The molecule has 3 heterocycles. The Bertz CT molecular complexity index is 1030. The van der Waals surface area contributed by atoms with E-state index in [0.29, 0.717) is 35.6 Å². The van der Waals surface area contributed by atoms with Crippen LogP contribution in [0.4, 0.5) is 5.82 Å². The summed E-state index contributed by atoms with van der Waals surface area (Å²) in [6, 6.07) is -1.03. The van der Waals surface area contributed by atoms with Gasteiger partial charge >= 0.3 is 0 Å². The molecule has 1 fully saturated rings. The summed E-state index contributed by atoms with van der Waals surface area (Å²) in [5, 5.41) is 24.2. The molecule has 4 atom stereocenters. The zero-order chi connectivity index (χ0) is 20.7. The number of oxazole rings is 1. The standard InChI is InChI=1S/C18H23N7O4/c1-9-12(22-8-29-9)18(28)23-10-4-5-11(15(27)14(10)26)25-7-21-13-16(24(2)3)19-6-20-17(13)25/h6-8,10-11,14-15,26-27H,4-5H2,1-3H3,(H,23,28)/t10-,11-,14-,15-/m1/s1. The molecule has 1 amide bonds. The Morgan fingerprint density at radius 1 is 1.21 bits per heavy atom. The van der Waals surface area contributed by atoms with E-state index in [-0.39, 0.29) is 5.69 Å². The second kappa shape index (κ2) is 7.41. The number of hydrogen-bond acceptors (Lipinski definition) is 9. The number of anilines is 1. The summed E-state index contributed by atoms with van der Waals surface area (Å²) < 4.78 is 6.81. The molecule has 11 heteroatoms. The van der Waals surface area contributed by atoms with Crippen molar-refractivity contribution >= 4 is 22.9 Å². The quantitative estimate of drug-likeness (QED) is 0.552. The van der Waals surface area contributed by atoms with E-state index in [1.54, 1.807) is 17.8 Å². The first-order valence-corrected chi connectivity index (χ1v) is 9.30. The normalized spacial score (nSPS) is 24.6. The molecule has 0 spiro atoms. The van der Waals surface area contributed by atoms with Crippen molar-refractivity contribution in [3.8, 4) is 0 Å². The molecule has 1 aliphatic carbocycles. The van der Waals surface area contributed by atoms with Crippen LogP contribution in [0.2, 0.25) is 0 Å². The maximum Gasteiger partial charge on any atom is 0.273 e.